The Balaban J connectivity index is 2.32. The van der Waals surface area contributed by atoms with Gasteiger partial charge in [-0.25, -0.2) is 0 Å². The molecule has 2 atom stereocenters. The van der Waals surface area contributed by atoms with Crippen LogP contribution in [0.2, 0.25) is 0 Å². The van der Waals surface area contributed by atoms with E-state index in [4.69, 9.17) is 15.2 Å². The van der Waals surface area contributed by atoms with Gasteiger partial charge in [-0.05, 0) is 12.5 Å². The van der Waals surface area contributed by atoms with Crippen molar-refractivity contribution in [2.75, 3.05) is 13.7 Å². The van der Waals surface area contributed by atoms with Crippen molar-refractivity contribution in [3.8, 4) is 5.75 Å². The van der Waals surface area contributed by atoms with E-state index in [0.29, 0.717) is 6.61 Å². The summed E-state index contributed by atoms with van der Waals surface area (Å²) in [6.07, 6.45) is 1.72. The van der Waals surface area contributed by atoms with Crippen LogP contribution in [-0.4, -0.2) is 19.3 Å². The molecule has 0 bridgehead atoms. The molecule has 2 unspecified atom stereocenters. The third-order valence-corrected chi connectivity index (χ3v) is 3.29. The highest BCUT2D eigenvalue weighted by molar-refractivity contribution is 5.38. The van der Waals surface area contributed by atoms with Gasteiger partial charge in [-0.1, -0.05) is 25.1 Å². The average molecular weight is 221 g/mol. The molecule has 0 saturated heterocycles. The predicted octanol–water partition coefficient (Wildman–Crippen LogP) is 2.26. The molecule has 0 spiro atoms. The number of ether oxygens (including phenoxy) is 2. The minimum Gasteiger partial charge on any atom is -0.484 e. The Kier molecular flexibility index (Phi) is 3.17. The van der Waals surface area contributed by atoms with Gasteiger partial charge in [0.1, 0.15) is 11.4 Å². The van der Waals surface area contributed by atoms with E-state index < -0.39 is 0 Å². The van der Waals surface area contributed by atoms with Crippen molar-refractivity contribution < 1.29 is 9.47 Å². The van der Waals surface area contributed by atoms with E-state index in [9.17, 15) is 0 Å². The Morgan fingerprint density at radius 1 is 1.50 bits per heavy atom. The fourth-order valence-corrected chi connectivity index (χ4v) is 2.34. The molecule has 0 radical (unpaired) electrons. The molecule has 1 heterocycles. The number of rotatable bonds is 3. The van der Waals surface area contributed by atoms with Gasteiger partial charge in [-0.3, -0.25) is 0 Å². The van der Waals surface area contributed by atoms with Crippen molar-refractivity contribution in [2.24, 2.45) is 5.73 Å². The highest BCUT2D eigenvalue weighted by Crippen LogP contribution is 2.39. The molecule has 0 fully saturated rings. The Morgan fingerprint density at radius 2 is 2.25 bits per heavy atom. The fourth-order valence-electron chi connectivity index (χ4n) is 2.34. The van der Waals surface area contributed by atoms with Crippen LogP contribution in [0.4, 0.5) is 0 Å². The summed E-state index contributed by atoms with van der Waals surface area (Å²) in [5, 5.41) is 0. The van der Waals surface area contributed by atoms with Crippen molar-refractivity contribution in [1.82, 2.24) is 0 Å². The van der Waals surface area contributed by atoms with Crippen LogP contribution in [0, 0.1) is 0 Å². The van der Waals surface area contributed by atoms with Crippen LogP contribution in [0.15, 0.2) is 24.3 Å². The zero-order valence-electron chi connectivity index (χ0n) is 9.90. The average Bonchev–Trinajstić information content (AvgIpc) is 2.29. The lowest BCUT2D eigenvalue weighted by Gasteiger charge is -2.40. The van der Waals surface area contributed by atoms with Crippen molar-refractivity contribution in [3.05, 3.63) is 29.8 Å². The van der Waals surface area contributed by atoms with E-state index in [1.807, 2.05) is 24.3 Å². The van der Waals surface area contributed by atoms with E-state index in [1.165, 1.54) is 0 Å². The number of benzene rings is 1. The fraction of sp³-hybridized carbons (Fsp3) is 0.538. The molecule has 1 aromatic rings. The normalized spacial score (nSPS) is 28.3. The summed E-state index contributed by atoms with van der Waals surface area (Å²) < 4.78 is 11.3. The second-order valence-corrected chi connectivity index (χ2v) is 4.42. The summed E-state index contributed by atoms with van der Waals surface area (Å²) in [6.45, 7) is 2.70. The summed E-state index contributed by atoms with van der Waals surface area (Å²) >= 11 is 0. The number of methoxy groups -OCH3 is 1. The highest BCUT2D eigenvalue weighted by atomic mass is 16.5. The van der Waals surface area contributed by atoms with Crippen LogP contribution in [0.1, 0.15) is 31.4 Å². The molecule has 16 heavy (non-hydrogen) atoms. The van der Waals surface area contributed by atoms with Gasteiger partial charge in [0.25, 0.3) is 0 Å². The summed E-state index contributed by atoms with van der Waals surface area (Å²) in [4.78, 5) is 0. The molecule has 2 rings (SSSR count). The number of nitrogens with two attached hydrogens (primary N) is 1. The van der Waals surface area contributed by atoms with Crippen molar-refractivity contribution in [2.45, 2.75) is 31.4 Å². The van der Waals surface area contributed by atoms with Crippen LogP contribution < -0.4 is 10.5 Å². The first-order valence-electron chi connectivity index (χ1n) is 5.73. The molecule has 0 amide bonds. The molecular weight excluding hydrogens is 202 g/mol. The quantitative estimate of drug-likeness (QED) is 0.851. The third-order valence-electron chi connectivity index (χ3n) is 3.29. The van der Waals surface area contributed by atoms with Gasteiger partial charge in [0, 0.05) is 25.1 Å². The number of fused-ring (bicyclic) bond motifs is 1. The maximum absolute atomic E-state index is 6.19. The monoisotopic (exact) mass is 221 g/mol. The minimum absolute atomic E-state index is 0.0417. The molecule has 1 aliphatic heterocycles. The zero-order valence-corrected chi connectivity index (χ0v) is 9.90. The maximum atomic E-state index is 6.19. The molecule has 1 aliphatic rings. The molecule has 3 nitrogen and oxygen atoms in total. The van der Waals surface area contributed by atoms with Gasteiger partial charge in [-0.15, -0.1) is 0 Å². The number of para-hydroxylation sites is 1. The molecule has 88 valence electrons. The van der Waals surface area contributed by atoms with Crippen LogP contribution in [-0.2, 0) is 4.74 Å². The summed E-state index contributed by atoms with van der Waals surface area (Å²) in [5.41, 5.74) is 7.03. The lowest BCUT2D eigenvalue weighted by molar-refractivity contribution is -0.0337. The van der Waals surface area contributed by atoms with Gasteiger partial charge < -0.3 is 15.2 Å². The first kappa shape index (κ1) is 11.4. The van der Waals surface area contributed by atoms with Crippen molar-refractivity contribution >= 4 is 0 Å². The topological polar surface area (TPSA) is 44.5 Å². The lowest BCUT2D eigenvalue weighted by Crippen LogP contribution is -2.46. The number of hydrogen-bond donors (Lipinski definition) is 1. The van der Waals surface area contributed by atoms with Crippen molar-refractivity contribution in [1.29, 1.82) is 0 Å². The largest absolute Gasteiger partial charge is 0.484 e. The van der Waals surface area contributed by atoms with E-state index in [2.05, 4.69) is 6.92 Å². The van der Waals surface area contributed by atoms with E-state index in [1.54, 1.807) is 7.11 Å². The summed E-state index contributed by atoms with van der Waals surface area (Å²) in [6, 6.07) is 8.03. The van der Waals surface area contributed by atoms with E-state index in [0.717, 1.165) is 24.2 Å². The Hall–Kier alpha value is -1.06. The number of hydrogen-bond acceptors (Lipinski definition) is 3. The standard InChI is InChI=1S/C13H19NO2/c1-3-13(9-15-2)8-11(14)10-6-4-5-7-12(10)16-13/h4-7,11H,3,8-9,14H2,1-2H3. The molecule has 0 aliphatic carbocycles. The SMILES string of the molecule is CCC1(COC)CC(N)c2ccccc2O1. The molecular formula is C13H19NO2. The molecule has 2 N–H and O–H groups in total. The smallest absolute Gasteiger partial charge is 0.134 e. The summed E-state index contributed by atoms with van der Waals surface area (Å²) in [5.74, 6) is 0.903. The zero-order chi connectivity index (χ0) is 11.6. The maximum Gasteiger partial charge on any atom is 0.134 e. The van der Waals surface area contributed by atoms with E-state index >= 15 is 0 Å². The molecule has 0 aromatic heterocycles. The minimum atomic E-state index is -0.261. The summed E-state index contributed by atoms with van der Waals surface area (Å²) in [7, 11) is 1.70. The van der Waals surface area contributed by atoms with Gasteiger partial charge in [0.2, 0.25) is 0 Å². The van der Waals surface area contributed by atoms with Crippen molar-refractivity contribution in [3.63, 3.8) is 0 Å². The first-order valence-corrected chi connectivity index (χ1v) is 5.73. The van der Waals surface area contributed by atoms with E-state index in [-0.39, 0.29) is 11.6 Å². The van der Waals surface area contributed by atoms with Crippen LogP contribution in [0.25, 0.3) is 0 Å². The van der Waals surface area contributed by atoms with Gasteiger partial charge >= 0.3 is 0 Å². The highest BCUT2D eigenvalue weighted by Gasteiger charge is 2.38. The molecule has 1 aromatic carbocycles. The van der Waals surface area contributed by atoms with Gasteiger partial charge in [0.05, 0.1) is 6.61 Å². The van der Waals surface area contributed by atoms with Gasteiger partial charge in [0.15, 0.2) is 0 Å². The second-order valence-electron chi connectivity index (χ2n) is 4.42. The second kappa shape index (κ2) is 4.44. The Bertz CT molecular complexity index is 367. The first-order chi connectivity index (χ1) is 7.71. The van der Waals surface area contributed by atoms with Gasteiger partial charge in [-0.2, -0.15) is 0 Å². The Morgan fingerprint density at radius 3 is 2.94 bits per heavy atom. The van der Waals surface area contributed by atoms with Crippen LogP contribution in [0.5, 0.6) is 5.75 Å². The van der Waals surface area contributed by atoms with Crippen LogP contribution in [0.3, 0.4) is 0 Å². The lowest BCUT2D eigenvalue weighted by atomic mass is 9.86. The molecule has 3 heteroatoms. The third kappa shape index (κ3) is 1.93. The predicted molar refractivity (Wildman–Crippen MR) is 63.5 cm³/mol. The Labute approximate surface area is 96.5 Å². The molecule has 0 saturated carbocycles. The van der Waals surface area contributed by atoms with Crippen LogP contribution >= 0.6 is 0 Å².